The quantitative estimate of drug-likeness (QED) is 0.431. The van der Waals surface area contributed by atoms with E-state index in [2.05, 4.69) is 15.9 Å². The molecular formula is C16H10BrCl3O2. The van der Waals surface area contributed by atoms with Crippen LogP contribution in [0.5, 0.6) is 5.75 Å². The van der Waals surface area contributed by atoms with Crippen LogP contribution < -0.4 is 4.74 Å². The zero-order chi connectivity index (χ0) is 16.1. The van der Waals surface area contributed by atoms with Crippen molar-refractivity contribution in [1.29, 1.82) is 0 Å². The first-order valence-electron chi connectivity index (χ1n) is 6.19. The van der Waals surface area contributed by atoms with Gasteiger partial charge in [0.2, 0.25) is 5.24 Å². The van der Waals surface area contributed by atoms with Crippen molar-refractivity contribution in [3.63, 3.8) is 0 Å². The largest absolute Gasteiger partial charge is 0.486 e. The molecule has 0 saturated heterocycles. The van der Waals surface area contributed by atoms with Crippen molar-refractivity contribution in [3.05, 3.63) is 68.1 Å². The number of carbonyl (C=O) groups excluding carboxylic acids is 1. The van der Waals surface area contributed by atoms with E-state index < -0.39 is 5.24 Å². The Kier molecular flexibility index (Phi) is 6.33. The fourth-order valence-electron chi connectivity index (χ4n) is 1.71. The van der Waals surface area contributed by atoms with Gasteiger partial charge in [0.25, 0.3) is 0 Å². The van der Waals surface area contributed by atoms with E-state index in [1.807, 2.05) is 12.1 Å². The molecule has 2 rings (SSSR count). The van der Waals surface area contributed by atoms with Gasteiger partial charge in [0.15, 0.2) is 5.75 Å². The third kappa shape index (κ3) is 5.03. The fourth-order valence-corrected chi connectivity index (χ4v) is 2.89. The van der Waals surface area contributed by atoms with Gasteiger partial charge in [0.1, 0.15) is 6.61 Å². The lowest BCUT2D eigenvalue weighted by atomic mass is 10.2. The molecule has 2 aromatic carbocycles. The Labute approximate surface area is 151 Å². The van der Waals surface area contributed by atoms with Crippen LogP contribution in [0.3, 0.4) is 0 Å². The average Bonchev–Trinajstić information content (AvgIpc) is 2.46. The Balaban J connectivity index is 2.14. The Hall–Kier alpha value is -1.000. The summed E-state index contributed by atoms with van der Waals surface area (Å²) in [5, 5.41) is 0.563. The smallest absolute Gasteiger partial charge is 0.245 e. The minimum absolute atomic E-state index is 0.366. The Morgan fingerprint density at radius 2 is 1.86 bits per heavy atom. The highest BCUT2D eigenvalue weighted by Gasteiger charge is 2.09. The summed E-state index contributed by atoms with van der Waals surface area (Å²) in [5.41, 5.74) is 1.72. The minimum atomic E-state index is -0.546. The Morgan fingerprint density at radius 3 is 2.45 bits per heavy atom. The molecule has 0 amide bonds. The summed E-state index contributed by atoms with van der Waals surface area (Å²) in [7, 11) is 0. The second-order valence-corrected chi connectivity index (χ2v) is 6.44. The first-order chi connectivity index (χ1) is 10.5. The summed E-state index contributed by atoms with van der Waals surface area (Å²) >= 11 is 20.7. The van der Waals surface area contributed by atoms with Gasteiger partial charge in [-0.2, -0.15) is 0 Å². The number of hydrogen-bond acceptors (Lipinski definition) is 2. The monoisotopic (exact) mass is 418 g/mol. The molecule has 0 aliphatic heterocycles. The van der Waals surface area contributed by atoms with Crippen LogP contribution in [0.4, 0.5) is 0 Å². The van der Waals surface area contributed by atoms with Crippen LogP contribution in [-0.4, -0.2) is 5.24 Å². The van der Waals surface area contributed by atoms with Gasteiger partial charge < -0.3 is 4.74 Å². The Bertz CT molecular complexity index is 689. The maximum Gasteiger partial charge on any atom is 0.245 e. The van der Waals surface area contributed by atoms with Crippen LogP contribution in [0.2, 0.25) is 10.0 Å². The highest BCUT2D eigenvalue weighted by molar-refractivity contribution is 9.10. The van der Waals surface area contributed by atoms with Gasteiger partial charge in [-0.05, 0) is 69.0 Å². The van der Waals surface area contributed by atoms with Crippen LogP contribution in [-0.2, 0) is 11.4 Å². The van der Waals surface area contributed by atoms with Crippen LogP contribution >= 0.6 is 50.7 Å². The predicted octanol–water partition coefficient (Wildman–Crippen LogP) is 6.11. The maximum absolute atomic E-state index is 10.7. The highest BCUT2D eigenvalue weighted by Crippen LogP contribution is 2.35. The van der Waals surface area contributed by atoms with Gasteiger partial charge in [-0.15, -0.1) is 0 Å². The van der Waals surface area contributed by atoms with Crippen LogP contribution in [0.1, 0.15) is 11.1 Å². The van der Waals surface area contributed by atoms with E-state index in [1.54, 1.807) is 30.3 Å². The number of rotatable bonds is 5. The summed E-state index contributed by atoms with van der Waals surface area (Å²) in [6.07, 6.45) is 2.84. The maximum atomic E-state index is 10.7. The van der Waals surface area contributed by atoms with Crippen molar-refractivity contribution in [2.24, 2.45) is 0 Å². The SMILES string of the molecule is O=C(Cl)/C=C/c1cc(Cl)c(OCc2ccc(Cl)cc2)c(Br)c1. The number of halogens is 4. The summed E-state index contributed by atoms with van der Waals surface area (Å²) in [5.74, 6) is 0.533. The van der Waals surface area contributed by atoms with Crippen molar-refractivity contribution >= 4 is 62.1 Å². The molecule has 0 atom stereocenters. The van der Waals surface area contributed by atoms with E-state index in [0.29, 0.717) is 26.9 Å². The lowest BCUT2D eigenvalue weighted by Crippen LogP contribution is -1.97. The third-order valence-electron chi connectivity index (χ3n) is 2.72. The van der Waals surface area contributed by atoms with Crippen molar-refractivity contribution in [2.45, 2.75) is 6.61 Å². The highest BCUT2D eigenvalue weighted by atomic mass is 79.9. The Morgan fingerprint density at radius 1 is 1.18 bits per heavy atom. The van der Waals surface area contributed by atoms with Crippen molar-refractivity contribution in [2.75, 3.05) is 0 Å². The fraction of sp³-hybridized carbons (Fsp3) is 0.0625. The molecular weight excluding hydrogens is 410 g/mol. The van der Waals surface area contributed by atoms with E-state index in [4.69, 9.17) is 39.5 Å². The molecule has 0 aliphatic carbocycles. The number of ether oxygens (including phenoxy) is 1. The molecule has 0 saturated carbocycles. The second-order valence-electron chi connectivity index (χ2n) is 4.37. The number of allylic oxidation sites excluding steroid dienone is 1. The van der Waals surface area contributed by atoms with Crippen molar-refractivity contribution in [3.8, 4) is 5.75 Å². The summed E-state index contributed by atoms with van der Waals surface area (Å²) in [6.45, 7) is 0.366. The van der Waals surface area contributed by atoms with Crippen LogP contribution in [0.25, 0.3) is 6.08 Å². The standard InChI is InChI=1S/C16H10BrCl3O2/c17-13-7-11(3-6-15(20)21)8-14(19)16(13)22-9-10-1-4-12(18)5-2-10/h1-8H,9H2/b6-3+. The molecule has 0 spiro atoms. The average molecular weight is 421 g/mol. The molecule has 0 radical (unpaired) electrons. The number of carbonyl (C=O) groups is 1. The molecule has 0 heterocycles. The lowest BCUT2D eigenvalue weighted by Gasteiger charge is -2.11. The molecule has 2 aromatic rings. The number of benzene rings is 2. The molecule has 22 heavy (non-hydrogen) atoms. The molecule has 0 bridgehead atoms. The lowest BCUT2D eigenvalue weighted by molar-refractivity contribution is -0.107. The van der Waals surface area contributed by atoms with Gasteiger partial charge in [-0.3, -0.25) is 4.79 Å². The zero-order valence-corrected chi connectivity index (χ0v) is 15.0. The first kappa shape index (κ1) is 17.4. The molecule has 0 unspecified atom stereocenters. The van der Waals surface area contributed by atoms with Gasteiger partial charge >= 0.3 is 0 Å². The topological polar surface area (TPSA) is 26.3 Å². The van der Waals surface area contributed by atoms with Gasteiger partial charge in [-0.1, -0.05) is 41.4 Å². The summed E-state index contributed by atoms with van der Waals surface area (Å²) in [4.78, 5) is 10.7. The van der Waals surface area contributed by atoms with Crippen LogP contribution in [0, 0.1) is 0 Å². The summed E-state index contributed by atoms with van der Waals surface area (Å²) < 4.78 is 6.43. The molecule has 6 heteroatoms. The molecule has 114 valence electrons. The van der Waals surface area contributed by atoms with Crippen molar-refractivity contribution in [1.82, 2.24) is 0 Å². The molecule has 2 nitrogen and oxygen atoms in total. The van der Waals surface area contributed by atoms with E-state index in [0.717, 1.165) is 11.1 Å². The van der Waals surface area contributed by atoms with Gasteiger partial charge in [0, 0.05) is 5.02 Å². The molecule has 0 N–H and O–H groups in total. The number of hydrogen-bond donors (Lipinski definition) is 0. The summed E-state index contributed by atoms with van der Waals surface area (Å²) in [6, 6.07) is 10.8. The van der Waals surface area contributed by atoms with Gasteiger partial charge in [0.05, 0.1) is 9.50 Å². The predicted molar refractivity (Wildman–Crippen MR) is 94.8 cm³/mol. The second kappa shape index (κ2) is 8.02. The molecule has 0 aliphatic rings. The first-order valence-corrected chi connectivity index (χ1v) is 8.12. The van der Waals surface area contributed by atoms with Crippen LogP contribution in [0.15, 0.2) is 46.9 Å². The van der Waals surface area contributed by atoms with E-state index >= 15 is 0 Å². The van der Waals surface area contributed by atoms with E-state index in [-0.39, 0.29) is 0 Å². The van der Waals surface area contributed by atoms with Crippen molar-refractivity contribution < 1.29 is 9.53 Å². The zero-order valence-electron chi connectivity index (χ0n) is 11.2. The molecule has 0 fully saturated rings. The van der Waals surface area contributed by atoms with Gasteiger partial charge in [-0.25, -0.2) is 0 Å². The van der Waals surface area contributed by atoms with E-state index in [1.165, 1.54) is 6.08 Å². The minimum Gasteiger partial charge on any atom is -0.486 e. The van der Waals surface area contributed by atoms with E-state index in [9.17, 15) is 4.79 Å². The molecule has 0 aromatic heterocycles. The third-order valence-corrected chi connectivity index (χ3v) is 3.97. The normalized spacial score (nSPS) is 10.9.